The molecule has 0 spiro atoms. The summed E-state index contributed by atoms with van der Waals surface area (Å²) in [5.74, 6) is 0.539. The number of piperidine rings is 1. The average Bonchev–Trinajstić information content (AvgIpc) is 2.56. The molecule has 1 fully saturated rings. The van der Waals surface area contributed by atoms with Crippen LogP contribution in [-0.2, 0) is 9.59 Å². The van der Waals surface area contributed by atoms with Crippen LogP contribution < -0.4 is 10.6 Å². The van der Waals surface area contributed by atoms with Crippen molar-refractivity contribution in [3.63, 3.8) is 0 Å². The van der Waals surface area contributed by atoms with Crippen LogP contribution >= 0.6 is 23.2 Å². The summed E-state index contributed by atoms with van der Waals surface area (Å²) < 4.78 is 0. The van der Waals surface area contributed by atoms with Crippen LogP contribution in [0.3, 0.4) is 0 Å². The van der Waals surface area contributed by atoms with Gasteiger partial charge in [-0.2, -0.15) is 0 Å². The van der Waals surface area contributed by atoms with Gasteiger partial charge in [0.2, 0.25) is 11.8 Å². The van der Waals surface area contributed by atoms with Gasteiger partial charge < -0.3 is 10.6 Å². The minimum absolute atomic E-state index is 0.0492. The molecule has 0 saturated carbocycles. The van der Waals surface area contributed by atoms with Crippen molar-refractivity contribution in [2.75, 3.05) is 31.5 Å². The molecule has 0 aromatic heterocycles. The number of nitrogens with zero attached hydrogens (tertiary/aromatic N) is 1. The van der Waals surface area contributed by atoms with Gasteiger partial charge in [0.25, 0.3) is 0 Å². The van der Waals surface area contributed by atoms with Gasteiger partial charge in [-0.15, -0.1) is 0 Å². The van der Waals surface area contributed by atoms with Gasteiger partial charge in [0.05, 0.1) is 16.6 Å². The summed E-state index contributed by atoms with van der Waals surface area (Å²) >= 11 is 11.8. The average molecular weight is 386 g/mol. The third-order valence-electron chi connectivity index (χ3n) is 4.21. The van der Waals surface area contributed by atoms with E-state index in [1.807, 2.05) is 0 Å². The first-order valence-corrected chi connectivity index (χ1v) is 9.35. The Morgan fingerprint density at radius 3 is 2.48 bits per heavy atom. The largest absolute Gasteiger partial charge is 0.356 e. The lowest BCUT2D eigenvalue weighted by atomic mass is 9.95. The molecule has 7 heteroatoms. The monoisotopic (exact) mass is 385 g/mol. The molecular formula is C18H25Cl2N3O2. The minimum Gasteiger partial charge on any atom is -0.356 e. The maximum absolute atomic E-state index is 12.2. The molecule has 1 aliphatic heterocycles. The molecule has 1 saturated heterocycles. The molecule has 1 aromatic carbocycles. The molecule has 2 N–H and O–H groups in total. The molecule has 5 nitrogen and oxygen atoms in total. The number of nitrogens with one attached hydrogen (secondary N) is 2. The first kappa shape index (κ1) is 20.0. The number of halogens is 2. The van der Waals surface area contributed by atoms with Crippen molar-refractivity contribution in [3.05, 3.63) is 28.2 Å². The highest BCUT2D eigenvalue weighted by atomic mass is 35.5. The number of likely N-dealkylation sites (tertiary alicyclic amines) is 1. The summed E-state index contributed by atoms with van der Waals surface area (Å²) in [4.78, 5) is 26.3. The van der Waals surface area contributed by atoms with Gasteiger partial charge in [-0.1, -0.05) is 37.0 Å². The van der Waals surface area contributed by atoms with Crippen molar-refractivity contribution in [1.29, 1.82) is 0 Å². The van der Waals surface area contributed by atoms with Crippen LogP contribution in [-0.4, -0.2) is 42.9 Å². The first-order valence-electron chi connectivity index (χ1n) is 8.60. The summed E-state index contributed by atoms with van der Waals surface area (Å²) in [6, 6.07) is 5.01. The van der Waals surface area contributed by atoms with Gasteiger partial charge in [0.15, 0.2) is 0 Å². The Kier molecular flexibility index (Phi) is 7.54. The van der Waals surface area contributed by atoms with Crippen molar-refractivity contribution in [2.45, 2.75) is 26.7 Å². The Balaban J connectivity index is 1.74. The van der Waals surface area contributed by atoms with Crippen LogP contribution in [0.5, 0.6) is 0 Å². The molecule has 0 aliphatic carbocycles. The van der Waals surface area contributed by atoms with E-state index in [-0.39, 0.29) is 17.7 Å². The van der Waals surface area contributed by atoms with E-state index in [0.717, 1.165) is 25.9 Å². The van der Waals surface area contributed by atoms with Gasteiger partial charge in [-0.05, 0) is 50.0 Å². The Hall–Kier alpha value is -1.30. The highest BCUT2D eigenvalue weighted by Gasteiger charge is 2.25. The fourth-order valence-corrected chi connectivity index (χ4v) is 3.08. The fraction of sp³-hybridized carbons (Fsp3) is 0.556. The number of carbonyl (C=O) groups is 2. The summed E-state index contributed by atoms with van der Waals surface area (Å²) in [6.07, 6.45) is 1.56. The highest BCUT2D eigenvalue weighted by molar-refractivity contribution is 6.42. The zero-order valence-corrected chi connectivity index (χ0v) is 16.2. The third kappa shape index (κ3) is 6.49. The maximum atomic E-state index is 12.2. The van der Waals surface area contributed by atoms with E-state index in [2.05, 4.69) is 29.4 Å². The molecule has 1 heterocycles. The Morgan fingerprint density at radius 2 is 1.88 bits per heavy atom. The summed E-state index contributed by atoms with van der Waals surface area (Å²) in [5.41, 5.74) is 0.627. The van der Waals surface area contributed by atoms with Crippen LogP contribution in [0, 0.1) is 11.8 Å². The number of anilines is 1. The zero-order chi connectivity index (χ0) is 18.4. The van der Waals surface area contributed by atoms with E-state index < -0.39 is 0 Å². The van der Waals surface area contributed by atoms with Crippen LogP contribution in [0.15, 0.2) is 18.2 Å². The normalized spacial score (nSPS) is 16.0. The van der Waals surface area contributed by atoms with Gasteiger partial charge in [0, 0.05) is 18.2 Å². The molecule has 1 aromatic rings. The molecular weight excluding hydrogens is 361 g/mol. The second-order valence-electron chi connectivity index (χ2n) is 6.87. The second kappa shape index (κ2) is 9.41. The number of rotatable bonds is 6. The van der Waals surface area contributed by atoms with Crippen molar-refractivity contribution in [3.8, 4) is 0 Å². The fourth-order valence-electron chi connectivity index (χ4n) is 2.78. The first-order chi connectivity index (χ1) is 11.8. The van der Waals surface area contributed by atoms with Crippen LogP contribution in [0.25, 0.3) is 0 Å². The second-order valence-corrected chi connectivity index (χ2v) is 7.68. The van der Waals surface area contributed by atoms with Crippen molar-refractivity contribution >= 4 is 40.7 Å². The van der Waals surface area contributed by atoms with E-state index in [4.69, 9.17) is 23.2 Å². The third-order valence-corrected chi connectivity index (χ3v) is 4.95. The SMILES string of the molecule is CC(C)CNC(=O)C1CCN(CC(=O)Nc2ccc(Cl)c(Cl)c2)CC1. The Labute approximate surface area is 159 Å². The standard InChI is InChI=1S/C18H25Cl2N3O2/c1-12(2)10-21-18(25)13-5-7-23(8-6-13)11-17(24)22-14-3-4-15(19)16(20)9-14/h3-4,9,12-13H,5-8,10-11H2,1-2H3,(H,21,25)(H,22,24). The highest BCUT2D eigenvalue weighted by Crippen LogP contribution is 2.25. The number of hydrogen-bond donors (Lipinski definition) is 2. The predicted molar refractivity (Wildman–Crippen MR) is 102 cm³/mol. The molecule has 138 valence electrons. The molecule has 2 rings (SSSR count). The summed E-state index contributed by atoms with van der Waals surface area (Å²) in [7, 11) is 0. The van der Waals surface area contributed by atoms with Crippen molar-refractivity contribution in [2.24, 2.45) is 11.8 Å². The number of hydrogen-bond acceptors (Lipinski definition) is 3. The van der Waals surface area contributed by atoms with E-state index in [1.165, 1.54) is 0 Å². The summed E-state index contributed by atoms with van der Waals surface area (Å²) in [6.45, 7) is 6.67. The molecule has 0 unspecified atom stereocenters. The van der Waals surface area contributed by atoms with Gasteiger partial charge in [-0.25, -0.2) is 0 Å². The van der Waals surface area contributed by atoms with Crippen molar-refractivity contribution in [1.82, 2.24) is 10.2 Å². The lowest BCUT2D eigenvalue weighted by Gasteiger charge is -2.30. The predicted octanol–water partition coefficient (Wildman–Crippen LogP) is 3.42. The molecule has 2 amide bonds. The van der Waals surface area contributed by atoms with Crippen LogP contribution in [0.4, 0.5) is 5.69 Å². The van der Waals surface area contributed by atoms with E-state index >= 15 is 0 Å². The number of benzene rings is 1. The van der Waals surface area contributed by atoms with E-state index in [0.29, 0.717) is 34.7 Å². The molecule has 0 bridgehead atoms. The van der Waals surface area contributed by atoms with E-state index in [9.17, 15) is 9.59 Å². The minimum atomic E-state index is -0.0962. The lowest BCUT2D eigenvalue weighted by Crippen LogP contribution is -2.43. The van der Waals surface area contributed by atoms with Gasteiger partial charge in [-0.3, -0.25) is 14.5 Å². The van der Waals surface area contributed by atoms with Gasteiger partial charge in [0.1, 0.15) is 0 Å². The number of amides is 2. The topological polar surface area (TPSA) is 61.4 Å². The smallest absolute Gasteiger partial charge is 0.238 e. The zero-order valence-electron chi connectivity index (χ0n) is 14.6. The van der Waals surface area contributed by atoms with E-state index in [1.54, 1.807) is 18.2 Å². The molecule has 1 aliphatic rings. The van der Waals surface area contributed by atoms with Crippen LogP contribution in [0.2, 0.25) is 10.0 Å². The quantitative estimate of drug-likeness (QED) is 0.788. The van der Waals surface area contributed by atoms with Crippen molar-refractivity contribution < 1.29 is 9.59 Å². The Morgan fingerprint density at radius 1 is 1.20 bits per heavy atom. The molecule has 25 heavy (non-hydrogen) atoms. The molecule has 0 radical (unpaired) electrons. The van der Waals surface area contributed by atoms with Crippen LogP contribution in [0.1, 0.15) is 26.7 Å². The Bertz CT molecular complexity index is 614. The lowest BCUT2D eigenvalue weighted by molar-refractivity contribution is -0.126. The number of carbonyl (C=O) groups excluding carboxylic acids is 2. The van der Waals surface area contributed by atoms with Gasteiger partial charge >= 0.3 is 0 Å². The summed E-state index contributed by atoms with van der Waals surface area (Å²) in [5, 5.41) is 6.68. The molecule has 0 atom stereocenters. The maximum Gasteiger partial charge on any atom is 0.238 e.